The van der Waals surface area contributed by atoms with Crippen molar-refractivity contribution in [3.63, 3.8) is 0 Å². The molecule has 1 aromatic carbocycles. The Morgan fingerprint density at radius 2 is 2.06 bits per heavy atom. The Bertz CT molecular complexity index is 400. The summed E-state index contributed by atoms with van der Waals surface area (Å²) >= 11 is 6.53. The van der Waals surface area contributed by atoms with Gasteiger partial charge in [0.1, 0.15) is 5.44 Å². The van der Waals surface area contributed by atoms with E-state index in [4.69, 9.17) is 17.5 Å². The number of nitriles is 1. The van der Waals surface area contributed by atoms with Gasteiger partial charge in [-0.2, -0.15) is 5.26 Å². The molecule has 0 fully saturated rings. The summed E-state index contributed by atoms with van der Waals surface area (Å²) in [4.78, 5) is 0. The van der Waals surface area contributed by atoms with Crippen molar-refractivity contribution in [2.45, 2.75) is 25.2 Å². The zero-order chi connectivity index (χ0) is 12.7. The summed E-state index contributed by atoms with van der Waals surface area (Å²) in [5.74, 6) is -0.0180. The molecule has 0 aliphatic heterocycles. The fraction of sp³-hybridized carbons (Fsp3) is 0.385. The van der Waals surface area contributed by atoms with Gasteiger partial charge in [-0.15, -0.1) is 0 Å². The van der Waals surface area contributed by atoms with Gasteiger partial charge in [-0.25, -0.2) is 0 Å². The highest BCUT2D eigenvalue weighted by molar-refractivity contribution is 8.24. The minimum absolute atomic E-state index is 0.0180. The van der Waals surface area contributed by atoms with Crippen LogP contribution in [0.4, 0.5) is 0 Å². The van der Waals surface area contributed by atoms with E-state index < -0.39 is 5.44 Å². The molecule has 0 spiro atoms. The van der Waals surface area contributed by atoms with Crippen LogP contribution in [-0.2, 0) is 0 Å². The molecule has 0 amide bonds. The first-order valence-electron chi connectivity index (χ1n) is 5.47. The topological polar surface area (TPSA) is 44.0 Å². The molecule has 0 aliphatic rings. The van der Waals surface area contributed by atoms with E-state index in [1.165, 1.54) is 11.8 Å². The van der Waals surface area contributed by atoms with E-state index in [1.807, 2.05) is 37.3 Å². The maximum atomic E-state index is 9.79. The summed E-state index contributed by atoms with van der Waals surface area (Å²) in [6, 6.07) is 11.8. The number of hydrogen-bond donors (Lipinski definition) is 1. The fourth-order valence-corrected chi connectivity index (χ4v) is 2.52. The first-order valence-corrected chi connectivity index (χ1v) is 6.76. The lowest BCUT2D eigenvalue weighted by Crippen LogP contribution is -2.07. The van der Waals surface area contributed by atoms with Crippen molar-refractivity contribution in [3.05, 3.63) is 35.9 Å². The van der Waals surface area contributed by atoms with Crippen molar-refractivity contribution in [3.8, 4) is 6.07 Å². The van der Waals surface area contributed by atoms with Crippen LogP contribution in [0.15, 0.2) is 30.3 Å². The Hall–Kier alpha value is -0.890. The van der Waals surface area contributed by atoms with Gasteiger partial charge in [-0.1, -0.05) is 54.3 Å². The van der Waals surface area contributed by atoms with Crippen LogP contribution in [0.1, 0.15) is 25.3 Å². The van der Waals surface area contributed by atoms with Crippen LogP contribution < -0.4 is 0 Å². The van der Waals surface area contributed by atoms with Gasteiger partial charge in [0.25, 0.3) is 0 Å². The van der Waals surface area contributed by atoms with E-state index in [-0.39, 0.29) is 5.92 Å². The molecule has 1 N–H and O–H groups in total. The van der Waals surface area contributed by atoms with Crippen LogP contribution in [-0.4, -0.2) is 14.7 Å². The molecule has 2 atom stereocenters. The first kappa shape index (κ1) is 14.2. The Labute approximate surface area is 112 Å². The summed E-state index contributed by atoms with van der Waals surface area (Å²) in [6.07, 6.45) is 1.29. The zero-order valence-corrected chi connectivity index (χ0v) is 11.3. The minimum Gasteiger partial charge on any atom is -0.382 e. The summed E-state index contributed by atoms with van der Waals surface area (Å²) in [7, 11) is 0. The van der Waals surface area contributed by atoms with E-state index >= 15 is 0 Å². The van der Waals surface area contributed by atoms with E-state index in [1.54, 1.807) is 0 Å². The average molecular weight is 265 g/mol. The van der Waals surface area contributed by atoms with E-state index in [2.05, 4.69) is 6.07 Å². The SMILES string of the molecule is CC(C#N)CCC(O)SC(=S)c1ccccc1. The molecule has 4 heteroatoms. The summed E-state index contributed by atoms with van der Waals surface area (Å²) in [6.45, 7) is 1.85. The van der Waals surface area contributed by atoms with Crippen molar-refractivity contribution >= 4 is 28.2 Å². The quantitative estimate of drug-likeness (QED) is 0.655. The van der Waals surface area contributed by atoms with Gasteiger partial charge in [0.15, 0.2) is 0 Å². The number of aliphatic hydroxyl groups is 1. The Morgan fingerprint density at radius 1 is 1.41 bits per heavy atom. The largest absolute Gasteiger partial charge is 0.382 e. The number of thioether (sulfide) groups is 1. The van der Waals surface area contributed by atoms with Gasteiger partial charge in [0.2, 0.25) is 0 Å². The lowest BCUT2D eigenvalue weighted by Gasteiger charge is -2.11. The van der Waals surface area contributed by atoms with Gasteiger partial charge in [-0.3, -0.25) is 0 Å². The third-order valence-electron chi connectivity index (χ3n) is 2.32. The predicted molar refractivity (Wildman–Crippen MR) is 75.8 cm³/mol. The summed E-state index contributed by atoms with van der Waals surface area (Å²) < 4.78 is 0.697. The predicted octanol–water partition coefficient (Wildman–Crippen LogP) is 3.35. The number of rotatable bonds is 5. The standard InChI is InChI=1S/C13H15NOS2/c1-10(9-14)7-8-12(15)17-13(16)11-5-3-2-4-6-11/h2-6,10,12,15H,7-8H2,1H3. The number of benzene rings is 1. The molecule has 0 heterocycles. The third-order valence-corrected chi connectivity index (χ3v) is 3.80. The van der Waals surface area contributed by atoms with Crippen molar-refractivity contribution in [2.75, 3.05) is 0 Å². The molecule has 2 unspecified atom stereocenters. The molecule has 0 saturated heterocycles. The van der Waals surface area contributed by atoms with E-state index in [0.717, 1.165) is 5.56 Å². The first-order chi connectivity index (χ1) is 8.13. The van der Waals surface area contributed by atoms with Gasteiger partial charge in [0, 0.05) is 5.92 Å². The van der Waals surface area contributed by atoms with Crippen molar-refractivity contribution < 1.29 is 5.11 Å². The average Bonchev–Trinajstić information content (AvgIpc) is 2.36. The fourth-order valence-electron chi connectivity index (χ4n) is 1.28. The third kappa shape index (κ3) is 5.31. The number of nitrogens with zero attached hydrogens (tertiary/aromatic N) is 1. The molecule has 0 aliphatic carbocycles. The molecular weight excluding hydrogens is 250 g/mol. The molecule has 0 radical (unpaired) electrons. The van der Waals surface area contributed by atoms with E-state index in [0.29, 0.717) is 17.0 Å². The van der Waals surface area contributed by atoms with Crippen molar-refractivity contribution in [1.82, 2.24) is 0 Å². The molecule has 1 rings (SSSR count). The second-order valence-corrected chi connectivity index (χ2v) is 5.69. The van der Waals surface area contributed by atoms with Crippen LogP contribution in [0, 0.1) is 17.2 Å². The summed E-state index contributed by atoms with van der Waals surface area (Å²) in [5, 5.41) is 18.4. The highest BCUT2D eigenvalue weighted by atomic mass is 32.2. The van der Waals surface area contributed by atoms with Crippen LogP contribution in [0.3, 0.4) is 0 Å². The number of thiocarbonyl (C=S) groups is 1. The Balaban J connectivity index is 2.39. The van der Waals surface area contributed by atoms with Crippen LogP contribution in [0.2, 0.25) is 0 Å². The lowest BCUT2D eigenvalue weighted by atomic mass is 10.1. The molecule has 0 saturated carbocycles. The van der Waals surface area contributed by atoms with Crippen LogP contribution in [0.25, 0.3) is 0 Å². The second-order valence-electron chi connectivity index (χ2n) is 3.83. The molecule has 0 aromatic heterocycles. The molecule has 2 nitrogen and oxygen atoms in total. The van der Waals surface area contributed by atoms with Gasteiger partial charge < -0.3 is 5.11 Å². The van der Waals surface area contributed by atoms with Crippen LogP contribution >= 0.6 is 24.0 Å². The molecular formula is C13H15NOS2. The van der Waals surface area contributed by atoms with Gasteiger partial charge in [0.05, 0.1) is 10.3 Å². The maximum absolute atomic E-state index is 9.79. The summed E-state index contributed by atoms with van der Waals surface area (Å²) in [5.41, 5.74) is 0.429. The van der Waals surface area contributed by atoms with Crippen molar-refractivity contribution in [2.24, 2.45) is 5.92 Å². The minimum atomic E-state index is -0.529. The van der Waals surface area contributed by atoms with E-state index in [9.17, 15) is 5.11 Å². The number of aliphatic hydroxyl groups excluding tert-OH is 1. The van der Waals surface area contributed by atoms with Gasteiger partial charge in [-0.05, 0) is 25.3 Å². The molecule has 1 aromatic rings. The lowest BCUT2D eigenvalue weighted by molar-refractivity contribution is 0.246. The maximum Gasteiger partial charge on any atom is 0.105 e. The van der Waals surface area contributed by atoms with Gasteiger partial charge >= 0.3 is 0 Å². The van der Waals surface area contributed by atoms with Crippen LogP contribution in [0.5, 0.6) is 0 Å². The zero-order valence-electron chi connectivity index (χ0n) is 9.67. The van der Waals surface area contributed by atoms with Crippen molar-refractivity contribution in [1.29, 1.82) is 5.26 Å². The normalized spacial score (nSPS) is 13.7. The highest BCUT2D eigenvalue weighted by Gasteiger charge is 2.11. The highest BCUT2D eigenvalue weighted by Crippen LogP contribution is 2.22. The monoisotopic (exact) mass is 265 g/mol. The molecule has 17 heavy (non-hydrogen) atoms. The number of hydrogen-bond acceptors (Lipinski definition) is 4. The molecule has 0 bridgehead atoms. The second kappa shape index (κ2) is 7.44. The molecule has 90 valence electrons. The smallest absolute Gasteiger partial charge is 0.105 e. The Kier molecular flexibility index (Phi) is 6.20. The Morgan fingerprint density at radius 3 is 2.65 bits per heavy atom.